The van der Waals surface area contributed by atoms with Crippen molar-refractivity contribution < 1.29 is 45.5 Å². The third-order valence-electron chi connectivity index (χ3n) is 4.00. The molecule has 1 aliphatic rings. The highest BCUT2D eigenvalue weighted by Gasteiger charge is 2.69. The summed E-state index contributed by atoms with van der Waals surface area (Å²) in [5.41, 5.74) is -4.61. The van der Waals surface area contributed by atoms with Crippen LogP contribution in [0.25, 0.3) is 0 Å². The number of ether oxygens (including phenoxy) is 1. The molecule has 2 N–H and O–H groups in total. The molecule has 3 rings (SSSR count). The number of hydrogen-bond acceptors (Lipinski definition) is 5. The second-order valence-corrected chi connectivity index (χ2v) is 6.06. The predicted molar refractivity (Wildman–Crippen MR) is 89.6 cm³/mol. The average molecular weight is 448 g/mol. The summed E-state index contributed by atoms with van der Waals surface area (Å²) in [7, 11) is 0. The second kappa shape index (κ2) is 7.45. The van der Waals surface area contributed by atoms with Gasteiger partial charge in [-0.25, -0.2) is 9.69 Å². The summed E-state index contributed by atoms with van der Waals surface area (Å²) >= 11 is 0. The van der Waals surface area contributed by atoms with Crippen LogP contribution in [0.2, 0.25) is 0 Å². The summed E-state index contributed by atoms with van der Waals surface area (Å²) in [4.78, 5) is 40.7. The molecule has 1 aromatic carbocycles. The summed E-state index contributed by atoms with van der Waals surface area (Å²) in [6.07, 6.45) is -8.29. The molecule has 0 bridgehead atoms. The van der Waals surface area contributed by atoms with Crippen molar-refractivity contribution in [3.05, 3.63) is 54.4 Å². The topological polar surface area (TPSA) is 101 Å². The fourth-order valence-electron chi connectivity index (χ4n) is 2.65. The average Bonchev–Trinajstić information content (AvgIpc) is 2.92. The first-order chi connectivity index (χ1) is 14.3. The number of anilines is 1. The number of carbonyl (C=O) groups excluding carboxylic acids is 3. The number of amides is 4. The van der Waals surface area contributed by atoms with Crippen LogP contribution in [0.4, 0.5) is 36.8 Å². The lowest BCUT2D eigenvalue weighted by Gasteiger charge is -2.29. The molecule has 1 atom stereocenters. The van der Waals surface area contributed by atoms with Crippen molar-refractivity contribution in [3.8, 4) is 5.75 Å². The van der Waals surface area contributed by atoms with Crippen molar-refractivity contribution in [2.24, 2.45) is 0 Å². The molecule has 1 fully saturated rings. The van der Waals surface area contributed by atoms with Gasteiger partial charge < -0.3 is 10.1 Å². The summed E-state index contributed by atoms with van der Waals surface area (Å²) in [5, 5.41) is 2.88. The van der Waals surface area contributed by atoms with Crippen molar-refractivity contribution in [1.82, 2.24) is 15.6 Å². The van der Waals surface area contributed by atoms with E-state index in [2.05, 4.69) is 9.72 Å². The van der Waals surface area contributed by atoms with Gasteiger partial charge in [0.05, 0.1) is 11.3 Å². The van der Waals surface area contributed by atoms with Crippen molar-refractivity contribution >= 4 is 23.5 Å². The fourth-order valence-corrected chi connectivity index (χ4v) is 2.65. The van der Waals surface area contributed by atoms with Crippen LogP contribution < -0.4 is 20.3 Å². The lowest BCUT2D eigenvalue weighted by atomic mass is 10.1. The number of halogens is 6. The maximum absolute atomic E-state index is 13.8. The molecule has 14 heteroatoms. The molecular weight excluding hydrogens is 438 g/mol. The van der Waals surface area contributed by atoms with Crippen LogP contribution in [0, 0.1) is 0 Å². The molecule has 1 aliphatic heterocycles. The molecule has 2 aromatic rings. The van der Waals surface area contributed by atoms with E-state index in [1.54, 1.807) is 0 Å². The van der Waals surface area contributed by atoms with Crippen LogP contribution in [0.5, 0.6) is 5.75 Å². The second-order valence-electron chi connectivity index (χ2n) is 6.06. The van der Waals surface area contributed by atoms with E-state index in [-0.39, 0.29) is 10.5 Å². The molecule has 0 radical (unpaired) electrons. The Kier molecular flexibility index (Phi) is 5.25. The van der Waals surface area contributed by atoms with Crippen LogP contribution in [0.3, 0.4) is 0 Å². The fraction of sp³-hybridized carbons (Fsp3) is 0.176. The quantitative estimate of drug-likeness (QED) is 0.554. The van der Waals surface area contributed by atoms with E-state index in [4.69, 9.17) is 0 Å². The third-order valence-corrected chi connectivity index (χ3v) is 4.00. The number of carbonyl (C=O) groups is 3. The molecule has 0 spiro atoms. The van der Waals surface area contributed by atoms with Crippen molar-refractivity contribution in [2.45, 2.75) is 18.2 Å². The van der Waals surface area contributed by atoms with Crippen LogP contribution in [-0.2, 0) is 4.79 Å². The van der Waals surface area contributed by atoms with E-state index in [1.807, 2.05) is 0 Å². The number of hydrogen-bond donors (Lipinski definition) is 2. The van der Waals surface area contributed by atoms with Crippen LogP contribution in [0.1, 0.15) is 10.4 Å². The highest BCUT2D eigenvalue weighted by molar-refractivity contribution is 6.24. The maximum atomic E-state index is 13.8. The van der Waals surface area contributed by atoms with Gasteiger partial charge in [-0.15, -0.1) is 13.2 Å². The molecule has 0 aliphatic carbocycles. The first kappa shape index (κ1) is 21.9. The number of aromatic nitrogens is 1. The Labute approximate surface area is 168 Å². The molecule has 1 saturated heterocycles. The van der Waals surface area contributed by atoms with Crippen LogP contribution in [-0.4, -0.2) is 41.0 Å². The van der Waals surface area contributed by atoms with Gasteiger partial charge in [-0.3, -0.25) is 19.9 Å². The van der Waals surface area contributed by atoms with Gasteiger partial charge in [0, 0.05) is 12.4 Å². The van der Waals surface area contributed by atoms with Crippen molar-refractivity contribution in [1.29, 1.82) is 0 Å². The van der Waals surface area contributed by atoms with Gasteiger partial charge in [0.25, 0.3) is 17.5 Å². The van der Waals surface area contributed by atoms with Crippen LogP contribution in [0.15, 0.2) is 48.8 Å². The lowest BCUT2D eigenvalue weighted by molar-refractivity contribution is -0.274. The highest BCUT2D eigenvalue weighted by Crippen LogP contribution is 2.36. The number of pyridine rings is 1. The van der Waals surface area contributed by atoms with Crippen LogP contribution >= 0.6 is 0 Å². The maximum Gasteiger partial charge on any atom is 0.573 e. The first-order valence-electron chi connectivity index (χ1n) is 8.16. The molecule has 164 valence electrons. The van der Waals surface area contributed by atoms with Gasteiger partial charge in [-0.2, -0.15) is 13.2 Å². The molecule has 31 heavy (non-hydrogen) atoms. The zero-order valence-electron chi connectivity index (χ0n) is 14.9. The van der Waals surface area contributed by atoms with E-state index in [9.17, 15) is 40.7 Å². The Bertz CT molecular complexity index is 1010. The minimum absolute atomic E-state index is 0.0361. The standard InChI is InChI=1S/C17H10F6N4O4/c18-16(19,20)15(25-12(28)9-2-1-7-24-8-9)13(29)27(14(30)26-15)10-3-5-11(6-4-10)31-17(21,22)23/h1-8H,(H,25,28)(H,26,30)/t15-/m0/s1. The minimum atomic E-state index is -5.47. The van der Waals surface area contributed by atoms with Gasteiger partial charge in [0.1, 0.15) is 5.75 Å². The Hall–Kier alpha value is -3.84. The number of alkyl halides is 6. The van der Waals surface area contributed by atoms with E-state index in [0.717, 1.165) is 24.4 Å². The van der Waals surface area contributed by atoms with E-state index in [0.29, 0.717) is 12.1 Å². The van der Waals surface area contributed by atoms with Gasteiger partial charge in [0.15, 0.2) is 0 Å². The normalized spacial score (nSPS) is 19.2. The zero-order valence-corrected chi connectivity index (χ0v) is 14.9. The largest absolute Gasteiger partial charge is 0.573 e. The minimum Gasteiger partial charge on any atom is -0.406 e. The molecule has 0 saturated carbocycles. The molecule has 1 aromatic heterocycles. The number of benzene rings is 1. The number of rotatable bonds is 4. The molecule has 0 unspecified atom stereocenters. The number of nitrogens with one attached hydrogen (secondary N) is 2. The van der Waals surface area contributed by atoms with Gasteiger partial charge in [0.2, 0.25) is 0 Å². The number of urea groups is 1. The third kappa shape index (κ3) is 4.22. The SMILES string of the molecule is O=C(N[C@]1(C(F)(F)F)NC(=O)N(c2ccc(OC(F)(F)F)cc2)C1=O)c1cccnc1. The van der Waals surface area contributed by atoms with E-state index in [1.165, 1.54) is 22.9 Å². The Morgan fingerprint density at radius 1 is 1.06 bits per heavy atom. The summed E-state index contributed by atoms with van der Waals surface area (Å²) in [5.74, 6) is -3.99. The highest BCUT2D eigenvalue weighted by atomic mass is 19.4. The summed E-state index contributed by atoms with van der Waals surface area (Å²) in [6, 6.07) is 3.78. The van der Waals surface area contributed by atoms with Crippen molar-refractivity contribution in [3.63, 3.8) is 0 Å². The first-order valence-corrected chi connectivity index (χ1v) is 8.16. The van der Waals surface area contributed by atoms with Crippen molar-refractivity contribution in [2.75, 3.05) is 4.90 Å². The van der Waals surface area contributed by atoms with E-state index >= 15 is 0 Å². The monoisotopic (exact) mass is 448 g/mol. The predicted octanol–water partition coefficient (Wildman–Crippen LogP) is 2.73. The summed E-state index contributed by atoms with van der Waals surface area (Å²) < 4.78 is 81.8. The number of imide groups is 1. The van der Waals surface area contributed by atoms with Gasteiger partial charge in [-0.05, 0) is 36.4 Å². The Morgan fingerprint density at radius 3 is 2.23 bits per heavy atom. The molecule has 4 amide bonds. The molecular formula is C17H10F6N4O4. The Balaban J connectivity index is 1.93. The zero-order chi connectivity index (χ0) is 23.0. The number of nitrogens with zero attached hydrogens (tertiary/aromatic N) is 2. The lowest BCUT2D eigenvalue weighted by Crippen LogP contribution is -2.69. The Morgan fingerprint density at radius 2 is 1.71 bits per heavy atom. The summed E-state index contributed by atoms with van der Waals surface area (Å²) in [6.45, 7) is 0. The van der Waals surface area contributed by atoms with Gasteiger partial charge >= 0.3 is 18.6 Å². The van der Waals surface area contributed by atoms with Gasteiger partial charge in [-0.1, -0.05) is 0 Å². The van der Waals surface area contributed by atoms with E-state index < -0.39 is 47.5 Å². The molecule has 2 heterocycles. The smallest absolute Gasteiger partial charge is 0.406 e. The molecule has 8 nitrogen and oxygen atoms in total.